The molecule has 1 aliphatic carbocycles. The van der Waals surface area contributed by atoms with Crippen molar-refractivity contribution in [1.29, 1.82) is 0 Å². The molecule has 0 aliphatic heterocycles. The van der Waals surface area contributed by atoms with Gasteiger partial charge in [0, 0.05) is 48.8 Å². The number of amides is 2. The van der Waals surface area contributed by atoms with Gasteiger partial charge in [-0.3, -0.25) is 9.28 Å². The molecule has 0 radical (unpaired) electrons. The number of hydrogen-bond acceptors (Lipinski definition) is 6. The van der Waals surface area contributed by atoms with Crippen molar-refractivity contribution in [2.45, 2.75) is 44.7 Å². The number of carbonyl (C=O) groups excluding carboxylic acids is 2. The predicted octanol–water partition coefficient (Wildman–Crippen LogP) is 3.60. The van der Waals surface area contributed by atoms with Gasteiger partial charge in [0.15, 0.2) is 5.58 Å². The molecule has 1 saturated carbocycles. The van der Waals surface area contributed by atoms with E-state index < -0.39 is 0 Å². The van der Waals surface area contributed by atoms with Crippen molar-refractivity contribution in [1.82, 2.24) is 20.3 Å². The fourth-order valence-electron chi connectivity index (χ4n) is 4.00. The highest BCUT2D eigenvalue weighted by molar-refractivity contribution is 6.31. The van der Waals surface area contributed by atoms with Crippen molar-refractivity contribution in [2.75, 3.05) is 14.1 Å². The van der Waals surface area contributed by atoms with Gasteiger partial charge in [-0.2, -0.15) is 0 Å². The molecule has 2 atom stereocenters. The zero-order valence-corrected chi connectivity index (χ0v) is 18.5. The first-order chi connectivity index (χ1) is 14.8. The Labute approximate surface area is 185 Å². The lowest BCUT2D eigenvalue weighted by atomic mass is 10.1. The van der Waals surface area contributed by atoms with E-state index in [1.165, 1.54) is 0 Å². The smallest absolute Gasteiger partial charge is 0.383 e. The summed E-state index contributed by atoms with van der Waals surface area (Å²) in [4.78, 5) is 37.8. The van der Waals surface area contributed by atoms with Crippen LogP contribution in [-0.2, 0) is 4.79 Å². The average molecular weight is 443 g/mol. The Morgan fingerprint density at radius 2 is 1.97 bits per heavy atom. The highest BCUT2D eigenvalue weighted by Gasteiger charge is 2.43. The summed E-state index contributed by atoms with van der Waals surface area (Å²) in [5, 5.41) is 3.60. The maximum Gasteiger partial charge on any atom is 0.383 e. The van der Waals surface area contributed by atoms with Crippen molar-refractivity contribution in [3.63, 3.8) is 0 Å². The van der Waals surface area contributed by atoms with Crippen LogP contribution in [0, 0.1) is 0 Å². The topological polar surface area (TPSA) is 98.0 Å². The molecule has 2 aromatic heterocycles. The third-order valence-electron chi connectivity index (χ3n) is 5.97. The van der Waals surface area contributed by atoms with Gasteiger partial charge in [0.1, 0.15) is 5.52 Å². The number of oxazole rings is 1. The second-order valence-electron chi connectivity index (χ2n) is 8.36. The molecule has 2 heterocycles. The number of benzene rings is 1. The molecule has 3 aromatic rings. The first kappa shape index (κ1) is 21.4. The minimum atomic E-state index is -0.164. The van der Waals surface area contributed by atoms with Crippen LogP contribution in [0.5, 0.6) is 0 Å². The number of quaternary nitrogens is 1. The minimum Gasteiger partial charge on any atom is -0.436 e. The number of rotatable bonds is 5. The van der Waals surface area contributed by atoms with Gasteiger partial charge < -0.3 is 9.73 Å². The molecule has 162 valence electrons. The van der Waals surface area contributed by atoms with E-state index in [0.29, 0.717) is 34.0 Å². The molecule has 8 nitrogen and oxygen atoms in total. The van der Waals surface area contributed by atoms with Gasteiger partial charge in [-0.15, -0.1) is 0 Å². The average Bonchev–Trinajstić information content (AvgIpc) is 3.40. The molecule has 1 N–H and O–H groups in total. The Kier molecular flexibility index (Phi) is 5.77. The normalized spacial score (nSPS) is 19.0. The van der Waals surface area contributed by atoms with Crippen LogP contribution in [0.2, 0.25) is 5.02 Å². The van der Waals surface area contributed by atoms with Crippen LogP contribution in [0.25, 0.3) is 22.6 Å². The predicted molar refractivity (Wildman–Crippen MR) is 116 cm³/mol. The summed E-state index contributed by atoms with van der Waals surface area (Å²) in [6, 6.07) is 5.43. The summed E-state index contributed by atoms with van der Waals surface area (Å²) in [6.07, 6.45) is 6.04. The molecule has 9 heteroatoms. The van der Waals surface area contributed by atoms with E-state index in [-0.39, 0.29) is 34.2 Å². The van der Waals surface area contributed by atoms with Crippen LogP contribution >= 0.6 is 11.6 Å². The molecule has 0 spiro atoms. The Morgan fingerprint density at radius 3 is 2.68 bits per heavy atom. The van der Waals surface area contributed by atoms with E-state index in [2.05, 4.69) is 20.3 Å². The fourth-order valence-corrected chi connectivity index (χ4v) is 4.16. The lowest BCUT2D eigenvalue weighted by Crippen LogP contribution is -2.53. The quantitative estimate of drug-likeness (QED) is 0.606. The zero-order valence-electron chi connectivity index (χ0n) is 17.8. The number of nitrogens with one attached hydrogen (secondary N) is 1. The standard InChI is InChI=1S/C22H24ClN5O3/c1-4-19(29)26-15-6-7-16(10-15)28(2,3)22(30)20-24-11-13(12-25-20)21-27-17-8-5-14(23)9-18(17)31-21/h5,8-9,11-12,15-16H,4,6-7,10H2,1-3H3/p+1. The first-order valence-corrected chi connectivity index (χ1v) is 10.7. The molecule has 1 aromatic carbocycles. The number of aromatic nitrogens is 3. The van der Waals surface area contributed by atoms with Crippen molar-refractivity contribution < 1.29 is 18.5 Å². The maximum absolute atomic E-state index is 13.2. The second-order valence-corrected chi connectivity index (χ2v) is 8.79. The molecule has 2 amide bonds. The molecule has 2 unspecified atom stereocenters. The van der Waals surface area contributed by atoms with Gasteiger partial charge in [-0.25, -0.2) is 19.7 Å². The van der Waals surface area contributed by atoms with Crippen molar-refractivity contribution in [2.24, 2.45) is 0 Å². The van der Waals surface area contributed by atoms with Crippen LogP contribution in [0.1, 0.15) is 43.2 Å². The van der Waals surface area contributed by atoms with Crippen molar-refractivity contribution in [3.8, 4) is 11.5 Å². The minimum absolute atomic E-state index is 0.0441. The van der Waals surface area contributed by atoms with Crippen LogP contribution in [-0.4, -0.2) is 57.4 Å². The molecule has 31 heavy (non-hydrogen) atoms. The van der Waals surface area contributed by atoms with Gasteiger partial charge in [-0.1, -0.05) is 18.5 Å². The number of fused-ring (bicyclic) bond motifs is 1. The molecule has 1 aliphatic rings. The van der Waals surface area contributed by atoms with E-state index in [1.807, 2.05) is 21.0 Å². The summed E-state index contributed by atoms with van der Waals surface area (Å²) >= 11 is 5.99. The van der Waals surface area contributed by atoms with E-state index in [4.69, 9.17) is 16.0 Å². The van der Waals surface area contributed by atoms with E-state index >= 15 is 0 Å². The fraction of sp³-hybridized carbons (Fsp3) is 0.409. The molecule has 0 saturated heterocycles. The van der Waals surface area contributed by atoms with Crippen LogP contribution < -0.4 is 5.32 Å². The highest BCUT2D eigenvalue weighted by Crippen LogP contribution is 2.29. The van der Waals surface area contributed by atoms with Crippen molar-refractivity contribution in [3.05, 3.63) is 41.4 Å². The van der Waals surface area contributed by atoms with Gasteiger partial charge in [0.05, 0.1) is 25.7 Å². The largest absolute Gasteiger partial charge is 0.436 e. The van der Waals surface area contributed by atoms with E-state index in [9.17, 15) is 9.59 Å². The third kappa shape index (κ3) is 4.31. The maximum atomic E-state index is 13.2. The zero-order chi connectivity index (χ0) is 22.2. The molecule has 1 fully saturated rings. The molecule has 0 bridgehead atoms. The SMILES string of the molecule is CCC(=O)NC1CCC([N+](C)(C)C(=O)c2ncc(-c3nc4ccc(Cl)cc4o3)cn2)C1. The van der Waals surface area contributed by atoms with Gasteiger partial charge in [0.25, 0.3) is 5.82 Å². The molecular formula is C22H25ClN5O3+. The van der Waals surface area contributed by atoms with Crippen molar-refractivity contribution >= 4 is 34.5 Å². The Bertz CT molecular complexity index is 1130. The summed E-state index contributed by atoms with van der Waals surface area (Å²) in [5.41, 5.74) is 1.84. The third-order valence-corrected chi connectivity index (χ3v) is 6.20. The monoisotopic (exact) mass is 442 g/mol. The summed E-state index contributed by atoms with van der Waals surface area (Å²) < 4.78 is 5.88. The summed E-state index contributed by atoms with van der Waals surface area (Å²) in [7, 11) is 3.75. The Hall–Kier alpha value is -2.84. The lowest BCUT2D eigenvalue weighted by Gasteiger charge is -2.32. The number of carbonyl (C=O) groups is 2. The lowest BCUT2D eigenvalue weighted by molar-refractivity contribution is -0.834. The summed E-state index contributed by atoms with van der Waals surface area (Å²) in [5.74, 6) is 0.398. The van der Waals surface area contributed by atoms with Gasteiger partial charge in [0.2, 0.25) is 11.8 Å². The Morgan fingerprint density at radius 1 is 1.23 bits per heavy atom. The number of halogens is 1. The first-order valence-electron chi connectivity index (χ1n) is 10.3. The second kappa shape index (κ2) is 8.36. The number of hydrogen-bond donors (Lipinski definition) is 1. The van der Waals surface area contributed by atoms with Gasteiger partial charge >= 0.3 is 5.91 Å². The molecular weight excluding hydrogens is 418 g/mol. The van der Waals surface area contributed by atoms with E-state index in [1.54, 1.807) is 30.6 Å². The Balaban J connectivity index is 1.49. The van der Waals surface area contributed by atoms with Gasteiger partial charge in [-0.05, 0) is 18.6 Å². The molecule has 4 rings (SSSR count). The van der Waals surface area contributed by atoms with E-state index in [0.717, 1.165) is 19.3 Å². The van der Waals surface area contributed by atoms with Crippen LogP contribution in [0.4, 0.5) is 0 Å². The number of nitrogens with zero attached hydrogens (tertiary/aromatic N) is 4. The summed E-state index contributed by atoms with van der Waals surface area (Å²) in [6.45, 7) is 1.84. The van der Waals surface area contributed by atoms with Crippen LogP contribution in [0.3, 0.4) is 0 Å². The van der Waals surface area contributed by atoms with Crippen LogP contribution in [0.15, 0.2) is 35.0 Å². The highest BCUT2D eigenvalue weighted by atomic mass is 35.5.